The smallest absolute Gasteiger partial charge is 0.242 e. The minimum absolute atomic E-state index is 0.0702. The Hall–Kier alpha value is -1.97. The summed E-state index contributed by atoms with van der Waals surface area (Å²) in [5.41, 5.74) is 1.03. The molecule has 3 rings (SSSR count). The first kappa shape index (κ1) is 16.9. The summed E-state index contributed by atoms with van der Waals surface area (Å²) in [5.74, 6) is 0.509. The molecule has 1 aromatic heterocycles. The Morgan fingerprint density at radius 2 is 2.04 bits per heavy atom. The van der Waals surface area contributed by atoms with Crippen LogP contribution >= 0.6 is 11.8 Å². The third-order valence-corrected chi connectivity index (χ3v) is 5.03. The second-order valence-corrected chi connectivity index (χ2v) is 7.16. The molecule has 126 valence electrons. The van der Waals surface area contributed by atoms with Crippen molar-refractivity contribution in [2.45, 2.75) is 37.5 Å². The van der Waals surface area contributed by atoms with Crippen molar-refractivity contribution in [1.29, 1.82) is 5.26 Å². The summed E-state index contributed by atoms with van der Waals surface area (Å²) in [6, 6.07) is 10.2. The number of carbonyl (C=O) groups excluding carboxylic acids is 1. The molecule has 0 unspecified atom stereocenters. The standard InChI is InChI=1S/C18H21N3O2S/c1-13-9-21(10-14(2)23-13)18(22)12-20-11-17(24-8-7-19)15-5-3-4-6-16(15)20/h3-6,11,13-14H,8-10,12H2,1-2H3/t13-,14-/m1/s1. The molecule has 1 saturated heterocycles. The number of aromatic nitrogens is 1. The molecule has 0 radical (unpaired) electrons. The van der Waals surface area contributed by atoms with E-state index in [4.69, 9.17) is 10.00 Å². The van der Waals surface area contributed by atoms with Crippen LogP contribution in [0.4, 0.5) is 0 Å². The minimum Gasteiger partial charge on any atom is -0.372 e. The van der Waals surface area contributed by atoms with Crippen molar-refractivity contribution >= 4 is 28.6 Å². The Morgan fingerprint density at radius 3 is 2.75 bits per heavy atom. The van der Waals surface area contributed by atoms with Gasteiger partial charge in [0.15, 0.2) is 0 Å². The van der Waals surface area contributed by atoms with E-state index in [-0.39, 0.29) is 18.1 Å². The van der Waals surface area contributed by atoms with Gasteiger partial charge in [0, 0.05) is 35.1 Å². The van der Waals surface area contributed by atoms with Gasteiger partial charge in [0.1, 0.15) is 6.54 Å². The number of fused-ring (bicyclic) bond motifs is 1. The Morgan fingerprint density at radius 1 is 1.33 bits per heavy atom. The Balaban J connectivity index is 1.82. The van der Waals surface area contributed by atoms with Crippen LogP contribution in [-0.4, -0.2) is 46.4 Å². The Bertz CT molecular complexity index is 770. The van der Waals surface area contributed by atoms with Gasteiger partial charge >= 0.3 is 0 Å². The average molecular weight is 343 g/mol. The first-order chi connectivity index (χ1) is 11.6. The lowest BCUT2D eigenvalue weighted by molar-refractivity contribution is -0.143. The van der Waals surface area contributed by atoms with Gasteiger partial charge in [-0.1, -0.05) is 18.2 Å². The normalized spacial score (nSPS) is 21.0. The summed E-state index contributed by atoms with van der Waals surface area (Å²) in [5, 5.41) is 9.91. The molecule has 0 saturated carbocycles. The molecule has 0 spiro atoms. The number of morpholine rings is 1. The predicted molar refractivity (Wildman–Crippen MR) is 94.9 cm³/mol. The second kappa shape index (κ2) is 7.29. The number of nitriles is 1. The van der Waals surface area contributed by atoms with Gasteiger partial charge in [-0.15, -0.1) is 11.8 Å². The highest BCUT2D eigenvalue weighted by atomic mass is 32.2. The zero-order valence-electron chi connectivity index (χ0n) is 13.9. The van der Waals surface area contributed by atoms with Crippen LogP contribution in [0.5, 0.6) is 0 Å². The van der Waals surface area contributed by atoms with Crippen LogP contribution in [0.2, 0.25) is 0 Å². The van der Waals surface area contributed by atoms with Crippen molar-refractivity contribution in [2.75, 3.05) is 18.8 Å². The fourth-order valence-electron chi connectivity index (χ4n) is 3.20. The van der Waals surface area contributed by atoms with Gasteiger partial charge in [0.25, 0.3) is 0 Å². The van der Waals surface area contributed by atoms with Crippen LogP contribution in [0.15, 0.2) is 35.4 Å². The van der Waals surface area contributed by atoms with Crippen molar-refractivity contribution in [2.24, 2.45) is 0 Å². The summed E-state index contributed by atoms with van der Waals surface area (Å²) in [7, 11) is 0. The lowest BCUT2D eigenvalue weighted by Crippen LogP contribution is -2.49. The number of rotatable bonds is 4. The van der Waals surface area contributed by atoms with Crippen molar-refractivity contribution in [1.82, 2.24) is 9.47 Å². The van der Waals surface area contributed by atoms with Crippen molar-refractivity contribution < 1.29 is 9.53 Å². The lowest BCUT2D eigenvalue weighted by Gasteiger charge is -2.35. The number of amides is 1. The summed E-state index contributed by atoms with van der Waals surface area (Å²) >= 11 is 1.51. The maximum atomic E-state index is 12.7. The van der Waals surface area contributed by atoms with Gasteiger partial charge in [0.2, 0.25) is 5.91 Å². The quantitative estimate of drug-likeness (QED) is 0.801. The molecule has 1 aromatic carbocycles. The van der Waals surface area contributed by atoms with Crippen LogP contribution in [-0.2, 0) is 16.1 Å². The third kappa shape index (κ3) is 3.58. The molecule has 0 bridgehead atoms. The van der Waals surface area contributed by atoms with Gasteiger partial charge in [-0.25, -0.2) is 0 Å². The largest absolute Gasteiger partial charge is 0.372 e. The lowest BCUT2D eigenvalue weighted by atomic mass is 10.2. The Labute approximate surface area is 146 Å². The first-order valence-electron chi connectivity index (χ1n) is 8.09. The molecule has 5 nitrogen and oxygen atoms in total. The first-order valence-corrected chi connectivity index (χ1v) is 9.08. The fraction of sp³-hybridized carbons (Fsp3) is 0.444. The molecule has 2 heterocycles. The van der Waals surface area contributed by atoms with Gasteiger partial charge in [0.05, 0.1) is 24.0 Å². The molecule has 0 N–H and O–H groups in total. The SMILES string of the molecule is C[C@@H]1CN(C(=O)Cn2cc(SCC#N)c3ccccc32)C[C@@H](C)O1. The van der Waals surface area contributed by atoms with Crippen LogP contribution in [0.25, 0.3) is 10.9 Å². The molecule has 1 aliphatic rings. The van der Waals surface area contributed by atoms with E-state index >= 15 is 0 Å². The zero-order valence-corrected chi connectivity index (χ0v) is 14.8. The molecular weight excluding hydrogens is 322 g/mol. The number of para-hydroxylation sites is 1. The summed E-state index contributed by atoms with van der Waals surface area (Å²) in [4.78, 5) is 15.6. The third-order valence-electron chi connectivity index (χ3n) is 4.12. The molecule has 2 atom stereocenters. The van der Waals surface area contributed by atoms with Crippen LogP contribution in [0.3, 0.4) is 0 Å². The van der Waals surface area contributed by atoms with Gasteiger partial charge < -0.3 is 14.2 Å². The molecule has 1 fully saturated rings. The Kier molecular flexibility index (Phi) is 5.12. The van der Waals surface area contributed by atoms with E-state index in [9.17, 15) is 4.79 Å². The average Bonchev–Trinajstić information content (AvgIpc) is 2.90. The van der Waals surface area contributed by atoms with Gasteiger partial charge in [-0.2, -0.15) is 5.26 Å². The van der Waals surface area contributed by atoms with Crippen LogP contribution in [0, 0.1) is 11.3 Å². The summed E-state index contributed by atoms with van der Waals surface area (Å²) in [6.07, 6.45) is 2.12. The van der Waals surface area contributed by atoms with E-state index in [0.717, 1.165) is 15.8 Å². The molecule has 1 aliphatic heterocycles. The monoisotopic (exact) mass is 343 g/mol. The molecule has 0 aliphatic carbocycles. The van der Waals surface area contributed by atoms with E-state index in [1.165, 1.54) is 11.8 Å². The highest BCUT2D eigenvalue weighted by Crippen LogP contribution is 2.30. The molecule has 24 heavy (non-hydrogen) atoms. The number of benzene rings is 1. The maximum absolute atomic E-state index is 12.7. The second-order valence-electron chi connectivity index (χ2n) is 6.14. The molecular formula is C18H21N3O2S. The maximum Gasteiger partial charge on any atom is 0.242 e. The fourth-order valence-corrected chi connectivity index (χ4v) is 3.95. The number of thioether (sulfide) groups is 1. The van der Waals surface area contributed by atoms with Crippen molar-refractivity contribution in [3.8, 4) is 6.07 Å². The van der Waals surface area contributed by atoms with E-state index < -0.39 is 0 Å². The highest BCUT2D eigenvalue weighted by Gasteiger charge is 2.26. The van der Waals surface area contributed by atoms with E-state index in [1.807, 2.05) is 53.8 Å². The van der Waals surface area contributed by atoms with Crippen molar-refractivity contribution in [3.63, 3.8) is 0 Å². The van der Waals surface area contributed by atoms with E-state index in [0.29, 0.717) is 25.4 Å². The zero-order chi connectivity index (χ0) is 17.1. The van der Waals surface area contributed by atoms with Crippen LogP contribution in [0.1, 0.15) is 13.8 Å². The predicted octanol–water partition coefficient (Wildman–Crippen LogP) is 2.89. The van der Waals surface area contributed by atoms with E-state index in [1.54, 1.807) is 0 Å². The highest BCUT2D eigenvalue weighted by molar-refractivity contribution is 7.99. The van der Waals surface area contributed by atoms with Gasteiger partial charge in [-0.3, -0.25) is 4.79 Å². The number of hydrogen-bond acceptors (Lipinski definition) is 4. The molecule has 2 aromatic rings. The minimum atomic E-state index is 0.0702. The molecule has 6 heteroatoms. The van der Waals surface area contributed by atoms with Crippen LogP contribution < -0.4 is 0 Å². The number of ether oxygens (including phenoxy) is 1. The van der Waals surface area contributed by atoms with Gasteiger partial charge in [-0.05, 0) is 19.9 Å². The van der Waals surface area contributed by atoms with E-state index in [2.05, 4.69) is 6.07 Å². The number of hydrogen-bond donors (Lipinski definition) is 0. The number of carbonyl (C=O) groups is 1. The number of nitrogens with zero attached hydrogens (tertiary/aromatic N) is 3. The molecule has 1 amide bonds. The summed E-state index contributed by atoms with van der Waals surface area (Å²) < 4.78 is 7.69. The topological polar surface area (TPSA) is 58.3 Å². The summed E-state index contributed by atoms with van der Waals surface area (Å²) in [6.45, 7) is 5.58. The van der Waals surface area contributed by atoms with Crippen molar-refractivity contribution in [3.05, 3.63) is 30.5 Å².